The van der Waals surface area contributed by atoms with Crippen molar-refractivity contribution in [3.05, 3.63) is 88.7 Å². The van der Waals surface area contributed by atoms with E-state index in [9.17, 15) is 14.0 Å². The largest absolute Gasteiger partial charge is 0.482 e. The van der Waals surface area contributed by atoms with Crippen molar-refractivity contribution in [2.75, 3.05) is 16.8 Å². The van der Waals surface area contributed by atoms with Crippen LogP contribution < -0.4 is 15.0 Å². The van der Waals surface area contributed by atoms with Crippen LogP contribution in [0.3, 0.4) is 0 Å². The molecule has 0 saturated heterocycles. The lowest BCUT2D eigenvalue weighted by Crippen LogP contribution is -2.38. The van der Waals surface area contributed by atoms with E-state index in [1.54, 1.807) is 59.5 Å². The second-order valence-electron chi connectivity index (χ2n) is 6.54. The highest BCUT2D eigenvalue weighted by Crippen LogP contribution is 2.35. The Labute approximate surface area is 171 Å². The minimum Gasteiger partial charge on any atom is -0.482 e. The number of benzene rings is 3. The number of halogens is 2. The summed E-state index contributed by atoms with van der Waals surface area (Å²) >= 11 is 5.94. The van der Waals surface area contributed by atoms with E-state index in [2.05, 4.69) is 5.32 Å². The molecule has 3 aromatic carbocycles. The van der Waals surface area contributed by atoms with Gasteiger partial charge in [0, 0.05) is 16.3 Å². The molecule has 5 nitrogen and oxygen atoms in total. The van der Waals surface area contributed by atoms with Crippen LogP contribution in [0.5, 0.6) is 5.75 Å². The monoisotopic (exact) mass is 410 g/mol. The Balaban J connectivity index is 1.60. The fourth-order valence-electron chi connectivity index (χ4n) is 3.06. The maximum Gasteiger partial charge on any atom is 0.265 e. The van der Waals surface area contributed by atoms with E-state index in [0.717, 1.165) is 5.56 Å². The summed E-state index contributed by atoms with van der Waals surface area (Å²) in [6, 6.07) is 17.7. The molecule has 0 spiro atoms. The van der Waals surface area contributed by atoms with Crippen molar-refractivity contribution in [2.45, 2.75) is 6.54 Å². The molecule has 0 saturated carbocycles. The van der Waals surface area contributed by atoms with Crippen LogP contribution in [0.1, 0.15) is 15.9 Å². The SMILES string of the molecule is O=C(Nc1ccc2c(c1)N(Cc1ccc(F)cc1)C(=O)CO2)c1cccc(Cl)c1. The molecule has 1 N–H and O–H groups in total. The van der Waals surface area contributed by atoms with Gasteiger partial charge in [-0.05, 0) is 54.1 Å². The van der Waals surface area contributed by atoms with Gasteiger partial charge in [-0.3, -0.25) is 9.59 Å². The minimum atomic E-state index is -0.339. The summed E-state index contributed by atoms with van der Waals surface area (Å²) in [7, 11) is 0. The van der Waals surface area contributed by atoms with Gasteiger partial charge in [0.05, 0.1) is 12.2 Å². The molecule has 7 heteroatoms. The van der Waals surface area contributed by atoms with E-state index in [4.69, 9.17) is 16.3 Å². The normalized spacial score (nSPS) is 12.9. The van der Waals surface area contributed by atoms with Gasteiger partial charge >= 0.3 is 0 Å². The smallest absolute Gasteiger partial charge is 0.265 e. The first-order valence-electron chi connectivity index (χ1n) is 8.88. The van der Waals surface area contributed by atoms with Crippen LogP contribution in [-0.2, 0) is 11.3 Å². The van der Waals surface area contributed by atoms with Gasteiger partial charge in [0.25, 0.3) is 11.8 Å². The summed E-state index contributed by atoms with van der Waals surface area (Å²) in [5.74, 6) is -0.346. The molecular formula is C22H16ClFN2O3. The molecule has 1 aliphatic heterocycles. The maximum atomic E-state index is 13.2. The molecule has 0 atom stereocenters. The summed E-state index contributed by atoms with van der Waals surface area (Å²) in [6.45, 7) is 0.184. The van der Waals surface area contributed by atoms with Crippen LogP contribution in [0.4, 0.5) is 15.8 Å². The average Bonchev–Trinajstić information content (AvgIpc) is 2.71. The predicted molar refractivity (Wildman–Crippen MR) is 109 cm³/mol. The fraction of sp³-hybridized carbons (Fsp3) is 0.0909. The van der Waals surface area contributed by atoms with Crippen molar-refractivity contribution >= 4 is 34.8 Å². The van der Waals surface area contributed by atoms with E-state index in [-0.39, 0.29) is 30.8 Å². The number of carbonyl (C=O) groups is 2. The highest BCUT2D eigenvalue weighted by Gasteiger charge is 2.26. The summed E-state index contributed by atoms with van der Waals surface area (Å²) in [5, 5.41) is 3.27. The van der Waals surface area contributed by atoms with Gasteiger partial charge in [-0.25, -0.2) is 4.39 Å². The molecule has 0 aromatic heterocycles. The van der Waals surface area contributed by atoms with Crippen LogP contribution in [-0.4, -0.2) is 18.4 Å². The van der Waals surface area contributed by atoms with Gasteiger partial charge in [-0.1, -0.05) is 29.8 Å². The Bertz CT molecular complexity index is 1090. The Morgan fingerprint density at radius 2 is 1.90 bits per heavy atom. The molecule has 2 amide bonds. The first-order valence-corrected chi connectivity index (χ1v) is 9.26. The summed E-state index contributed by atoms with van der Waals surface area (Å²) in [5.41, 5.74) is 2.25. The molecule has 1 aliphatic rings. The van der Waals surface area contributed by atoms with E-state index in [1.807, 2.05) is 0 Å². The standard InChI is InChI=1S/C22H16ClFN2O3/c23-16-3-1-2-15(10-16)22(28)25-18-8-9-20-19(11-18)26(21(27)13-29-20)12-14-4-6-17(24)7-5-14/h1-11H,12-13H2,(H,25,28). The zero-order chi connectivity index (χ0) is 20.4. The van der Waals surface area contributed by atoms with Crippen molar-refractivity contribution in [2.24, 2.45) is 0 Å². The van der Waals surface area contributed by atoms with Gasteiger partial charge < -0.3 is 15.0 Å². The number of nitrogens with one attached hydrogen (secondary N) is 1. The number of rotatable bonds is 4. The maximum absolute atomic E-state index is 13.2. The molecule has 146 valence electrons. The molecule has 0 fully saturated rings. The van der Waals surface area contributed by atoms with Gasteiger partial charge in [0.1, 0.15) is 11.6 Å². The Kier molecular flexibility index (Phi) is 5.18. The second kappa shape index (κ2) is 7.93. The predicted octanol–water partition coefficient (Wildman–Crippen LogP) is 4.66. The fourth-order valence-corrected chi connectivity index (χ4v) is 3.25. The van der Waals surface area contributed by atoms with Gasteiger partial charge in [-0.2, -0.15) is 0 Å². The van der Waals surface area contributed by atoms with Gasteiger partial charge in [0.15, 0.2) is 6.61 Å². The van der Waals surface area contributed by atoms with Crippen molar-refractivity contribution in [1.82, 2.24) is 0 Å². The molecule has 0 aliphatic carbocycles. The van der Waals surface area contributed by atoms with E-state index < -0.39 is 0 Å². The van der Waals surface area contributed by atoms with Crippen LogP contribution in [0, 0.1) is 5.82 Å². The summed E-state index contributed by atoms with van der Waals surface area (Å²) < 4.78 is 18.7. The number of hydrogen-bond donors (Lipinski definition) is 1. The number of carbonyl (C=O) groups excluding carboxylic acids is 2. The molecule has 0 bridgehead atoms. The number of fused-ring (bicyclic) bond motifs is 1. The van der Waals surface area contributed by atoms with Crippen molar-refractivity contribution in [3.63, 3.8) is 0 Å². The molecule has 3 aromatic rings. The van der Waals surface area contributed by atoms with Crippen molar-refractivity contribution < 1.29 is 18.7 Å². The van der Waals surface area contributed by atoms with Crippen LogP contribution in [0.2, 0.25) is 5.02 Å². The van der Waals surface area contributed by atoms with Crippen molar-refractivity contribution in [3.8, 4) is 5.75 Å². The van der Waals surface area contributed by atoms with Gasteiger partial charge in [-0.15, -0.1) is 0 Å². The number of hydrogen-bond acceptors (Lipinski definition) is 3. The zero-order valence-corrected chi connectivity index (χ0v) is 15.9. The van der Waals surface area contributed by atoms with Crippen LogP contribution in [0.25, 0.3) is 0 Å². The van der Waals surface area contributed by atoms with E-state index in [0.29, 0.717) is 27.7 Å². The highest BCUT2D eigenvalue weighted by atomic mass is 35.5. The molecule has 29 heavy (non-hydrogen) atoms. The first-order chi connectivity index (χ1) is 14.0. The lowest BCUT2D eigenvalue weighted by molar-refractivity contribution is -0.121. The first kappa shape index (κ1) is 19.0. The molecular weight excluding hydrogens is 395 g/mol. The minimum absolute atomic E-state index is 0.0809. The molecule has 1 heterocycles. The number of anilines is 2. The van der Waals surface area contributed by atoms with Crippen LogP contribution in [0.15, 0.2) is 66.7 Å². The molecule has 4 rings (SSSR count). The summed E-state index contributed by atoms with van der Waals surface area (Å²) in [6.07, 6.45) is 0. The Hall–Kier alpha value is -3.38. The van der Waals surface area contributed by atoms with E-state index in [1.165, 1.54) is 12.1 Å². The average molecular weight is 411 g/mol. The van der Waals surface area contributed by atoms with Crippen molar-refractivity contribution in [1.29, 1.82) is 0 Å². The molecule has 0 radical (unpaired) electrons. The lowest BCUT2D eigenvalue weighted by atomic mass is 10.1. The number of amides is 2. The van der Waals surface area contributed by atoms with E-state index >= 15 is 0 Å². The van der Waals surface area contributed by atoms with Gasteiger partial charge in [0.2, 0.25) is 0 Å². The summed E-state index contributed by atoms with van der Waals surface area (Å²) in [4.78, 5) is 26.5. The Morgan fingerprint density at radius 3 is 2.66 bits per heavy atom. The zero-order valence-electron chi connectivity index (χ0n) is 15.2. The molecule has 0 unspecified atom stereocenters. The third-order valence-electron chi connectivity index (χ3n) is 4.50. The van der Waals surface area contributed by atoms with Crippen LogP contribution >= 0.6 is 11.6 Å². The third kappa shape index (κ3) is 4.22. The quantitative estimate of drug-likeness (QED) is 0.680. The number of nitrogens with zero attached hydrogens (tertiary/aromatic N) is 1. The lowest BCUT2D eigenvalue weighted by Gasteiger charge is -2.30. The number of ether oxygens (including phenoxy) is 1. The second-order valence-corrected chi connectivity index (χ2v) is 6.98. The third-order valence-corrected chi connectivity index (χ3v) is 4.74. The Morgan fingerprint density at radius 1 is 1.10 bits per heavy atom. The topological polar surface area (TPSA) is 58.6 Å². The highest BCUT2D eigenvalue weighted by molar-refractivity contribution is 6.31.